The van der Waals surface area contributed by atoms with Crippen molar-refractivity contribution >= 4 is 17.5 Å². The smallest absolute Gasteiger partial charge is 0.239 e. The van der Waals surface area contributed by atoms with Gasteiger partial charge in [-0.3, -0.25) is 9.59 Å². The molecule has 2 N–H and O–H groups in total. The van der Waals surface area contributed by atoms with Crippen LogP contribution in [0.15, 0.2) is 48.5 Å². The van der Waals surface area contributed by atoms with Crippen molar-refractivity contribution in [3.63, 3.8) is 0 Å². The molecule has 0 spiro atoms. The Morgan fingerprint density at radius 1 is 0.960 bits per heavy atom. The first kappa shape index (κ1) is 18.6. The zero-order valence-electron chi connectivity index (χ0n) is 14.3. The standard InChI is InChI=1S/C19H20F2N2O2/c1-12(13-7-5-4-6-8-13)22-17(24)19(2,3)18(25)23-14-9-10-15(20)16(21)11-14/h4-12H,1-3H3,(H,22,24)(H,23,25). The third-order valence-corrected chi connectivity index (χ3v) is 3.96. The molecule has 0 bridgehead atoms. The summed E-state index contributed by atoms with van der Waals surface area (Å²) < 4.78 is 26.2. The molecule has 2 rings (SSSR count). The maximum absolute atomic E-state index is 13.2. The monoisotopic (exact) mass is 346 g/mol. The van der Waals surface area contributed by atoms with Crippen LogP contribution in [0.5, 0.6) is 0 Å². The van der Waals surface area contributed by atoms with Crippen LogP contribution >= 0.6 is 0 Å². The van der Waals surface area contributed by atoms with E-state index in [4.69, 9.17) is 0 Å². The van der Waals surface area contributed by atoms with Crippen molar-refractivity contribution in [1.29, 1.82) is 0 Å². The Labute approximate surface area is 145 Å². The van der Waals surface area contributed by atoms with Crippen LogP contribution in [0.4, 0.5) is 14.5 Å². The number of carbonyl (C=O) groups excluding carboxylic acids is 2. The molecule has 2 aromatic carbocycles. The van der Waals surface area contributed by atoms with E-state index in [9.17, 15) is 18.4 Å². The molecule has 0 aliphatic carbocycles. The maximum atomic E-state index is 13.2. The van der Waals surface area contributed by atoms with Crippen LogP contribution in [0.2, 0.25) is 0 Å². The minimum absolute atomic E-state index is 0.0842. The summed E-state index contributed by atoms with van der Waals surface area (Å²) in [6.45, 7) is 4.75. The molecule has 0 aromatic heterocycles. The second-order valence-corrected chi connectivity index (χ2v) is 6.31. The van der Waals surface area contributed by atoms with Crippen molar-refractivity contribution in [2.45, 2.75) is 26.8 Å². The molecule has 132 valence electrons. The van der Waals surface area contributed by atoms with Crippen LogP contribution in [-0.4, -0.2) is 11.8 Å². The largest absolute Gasteiger partial charge is 0.349 e. The van der Waals surface area contributed by atoms with Gasteiger partial charge in [-0.05, 0) is 38.5 Å². The maximum Gasteiger partial charge on any atom is 0.239 e. The van der Waals surface area contributed by atoms with Crippen molar-refractivity contribution in [2.75, 3.05) is 5.32 Å². The second-order valence-electron chi connectivity index (χ2n) is 6.31. The van der Waals surface area contributed by atoms with Gasteiger partial charge in [0.15, 0.2) is 11.6 Å². The summed E-state index contributed by atoms with van der Waals surface area (Å²) in [7, 11) is 0. The Kier molecular flexibility index (Phi) is 5.51. The summed E-state index contributed by atoms with van der Waals surface area (Å²) in [5.74, 6) is -3.16. The van der Waals surface area contributed by atoms with Gasteiger partial charge in [0.05, 0.1) is 6.04 Å². The Balaban J connectivity index is 2.06. The van der Waals surface area contributed by atoms with E-state index in [1.807, 2.05) is 37.3 Å². The lowest BCUT2D eigenvalue weighted by Gasteiger charge is -2.25. The molecule has 6 heteroatoms. The third-order valence-electron chi connectivity index (χ3n) is 3.96. The van der Waals surface area contributed by atoms with Crippen molar-refractivity contribution in [3.8, 4) is 0 Å². The van der Waals surface area contributed by atoms with Gasteiger partial charge >= 0.3 is 0 Å². The van der Waals surface area contributed by atoms with Gasteiger partial charge in [-0.15, -0.1) is 0 Å². The lowest BCUT2D eigenvalue weighted by molar-refractivity contribution is -0.138. The van der Waals surface area contributed by atoms with Crippen LogP contribution in [0.25, 0.3) is 0 Å². The van der Waals surface area contributed by atoms with E-state index in [2.05, 4.69) is 10.6 Å². The molecule has 0 heterocycles. The SMILES string of the molecule is CC(NC(=O)C(C)(C)C(=O)Nc1ccc(F)c(F)c1)c1ccccc1. The van der Waals surface area contributed by atoms with Gasteiger partial charge < -0.3 is 10.6 Å². The van der Waals surface area contributed by atoms with Gasteiger partial charge in [0.1, 0.15) is 5.41 Å². The van der Waals surface area contributed by atoms with E-state index in [0.29, 0.717) is 0 Å². The number of hydrogen-bond donors (Lipinski definition) is 2. The van der Waals surface area contributed by atoms with E-state index in [-0.39, 0.29) is 11.7 Å². The van der Waals surface area contributed by atoms with Gasteiger partial charge in [-0.25, -0.2) is 8.78 Å². The molecule has 0 aliphatic heterocycles. The summed E-state index contributed by atoms with van der Waals surface area (Å²) in [6, 6.07) is 12.1. The Bertz CT molecular complexity index is 776. The third kappa shape index (κ3) is 4.41. The topological polar surface area (TPSA) is 58.2 Å². The van der Waals surface area contributed by atoms with E-state index in [1.54, 1.807) is 0 Å². The lowest BCUT2D eigenvalue weighted by Crippen LogP contribution is -2.45. The van der Waals surface area contributed by atoms with E-state index >= 15 is 0 Å². The molecule has 1 unspecified atom stereocenters. The first-order valence-corrected chi connectivity index (χ1v) is 7.84. The van der Waals surface area contributed by atoms with E-state index < -0.39 is 28.9 Å². The number of benzene rings is 2. The number of anilines is 1. The van der Waals surface area contributed by atoms with Gasteiger partial charge in [-0.2, -0.15) is 0 Å². The van der Waals surface area contributed by atoms with E-state index in [1.165, 1.54) is 19.9 Å². The van der Waals surface area contributed by atoms with Crippen LogP contribution in [0.3, 0.4) is 0 Å². The molecule has 2 amide bonds. The molecule has 0 saturated carbocycles. The normalized spacial score (nSPS) is 12.4. The Morgan fingerprint density at radius 3 is 2.20 bits per heavy atom. The average molecular weight is 346 g/mol. The molecule has 4 nitrogen and oxygen atoms in total. The number of halogens is 2. The summed E-state index contributed by atoms with van der Waals surface area (Å²) in [6.07, 6.45) is 0. The molecule has 2 aromatic rings. The predicted molar refractivity (Wildman–Crippen MR) is 91.8 cm³/mol. The molecule has 0 saturated heterocycles. The minimum Gasteiger partial charge on any atom is -0.349 e. The Morgan fingerprint density at radius 2 is 1.60 bits per heavy atom. The molecule has 0 fully saturated rings. The molecular formula is C19H20F2N2O2. The predicted octanol–water partition coefficient (Wildman–Crippen LogP) is 3.81. The fourth-order valence-electron chi connectivity index (χ4n) is 2.17. The van der Waals surface area contributed by atoms with Crippen LogP contribution in [-0.2, 0) is 9.59 Å². The first-order valence-electron chi connectivity index (χ1n) is 7.84. The molecule has 25 heavy (non-hydrogen) atoms. The highest BCUT2D eigenvalue weighted by molar-refractivity contribution is 6.09. The number of amides is 2. The number of hydrogen-bond acceptors (Lipinski definition) is 2. The van der Waals surface area contributed by atoms with E-state index in [0.717, 1.165) is 17.7 Å². The molecule has 1 atom stereocenters. The summed E-state index contributed by atoms with van der Waals surface area (Å²) in [5, 5.41) is 5.23. The fraction of sp³-hybridized carbons (Fsp3) is 0.263. The first-order chi connectivity index (χ1) is 11.7. The van der Waals surface area contributed by atoms with Crippen molar-refractivity contribution in [2.24, 2.45) is 5.41 Å². The average Bonchev–Trinajstić information content (AvgIpc) is 2.58. The Hall–Kier alpha value is -2.76. The number of rotatable bonds is 5. The van der Waals surface area contributed by atoms with Crippen LogP contribution < -0.4 is 10.6 Å². The zero-order valence-corrected chi connectivity index (χ0v) is 14.3. The van der Waals surface area contributed by atoms with Gasteiger partial charge in [0.2, 0.25) is 11.8 Å². The highest BCUT2D eigenvalue weighted by Crippen LogP contribution is 2.22. The van der Waals surface area contributed by atoms with Crippen molar-refractivity contribution in [1.82, 2.24) is 5.32 Å². The molecule has 0 aliphatic rings. The fourth-order valence-corrected chi connectivity index (χ4v) is 2.17. The zero-order chi connectivity index (χ0) is 18.6. The lowest BCUT2D eigenvalue weighted by atomic mass is 9.90. The summed E-state index contributed by atoms with van der Waals surface area (Å²) >= 11 is 0. The van der Waals surface area contributed by atoms with Crippen molar-refractivity contribution in [3.05, 3.63) is 65.7 Å². The number of carbonyl (C=O) groups is 2. The molecule has 0 radical (unpaired) electrons. The number of nitrogens with one attached hydrogen (secondary N) is 2. The quantitative estimate of drug-likeness (QED) is 0.809. The summed E-state index contributed by atoms with van der Waals surface area (Å²) in [5.41, 5.74) is -0.401. The van der Waals surface area contributed by atoms with Gasteiger partial charge in [0.25, 0.3) is 0 Å². The highest BCUT2D eigenvalue weighted by Gasteiger charge is 2.36. The summed E-state index contributed by atoms with van der Waals surface area (Å²) in [4.78, 5) is 24.9. The second kappa shape index (κ2) is 7.42. The molecular weight excluding hydrogens is 326 g/mol. The minimum atomic E-state index is -1.39. The van der Waals surface area contributed by atoms with Gasteiger partial charge in [0, 0.05) is 11.8 Å². The van der Waals surface area contributed by atoms with Gasteiger partial charge in [-0.1, -0.05) is 30.3 Å². The highest BCUT2D eigenvalue weighted by atomic mass is 19.2. The van der Waals surface area contributed by atoms with Crippen LogP contribution in [0.1, 0.15) is 32.4 Å². The van der Waals surface area contributed by atoms with Crippen LogP contribution in [0, 0.1) is 17.0 Å². The van der Waals surface area contributed by atoms with Crippen molar-refractivity contribution < 1.29 is 18.4 Å².